The number of carboxylic acid groups (broad SMARTS) is 1. The number of nitrogens with one attached hydrogen (secondary N) is 1. The van der Waals surface area contributed by atoms with Gasteiger partial charge in [0.05, 0.1) is 12.9 Å². The van der Waals surface area contributed by atoms with Crippen LogP contribution in [0.5, 0.6) is 0 Å². The first-order valence-corrected chi connectivity index (χ1v) is 4.85. The fraction of sp³-hybridized carbons (Fsp3) is 0.444. The third-order valence-corrected chi connectivity index (χ3v) is 2.06. The van der Waals surface area contributed by atoms with Gasteiger partial charge >= 0.3 is 5.97 Å². The van der Waals surface area contributed by atoms with Gasteiger partial charge in [-0.25, -0.2) is 4.98 Å². The fourth-order valence-electron chi connectivity index (χ4n) is 1.28. The molecular weight excluding hydrogens is 228 g/mol. The number of nitrogens with zero attached hydrogens (tertiary/aromatic N) is 2. The first-order valence-electron chi connectivity index (χ1n) is 4.85. The zero-order valence-corrected chi connectivity index (χ0v) is 9.34. The molecule has 0 aromatic carbocycles. The van der Waals surface area contributed by atoms with Crippen molar-refractivity contribution in [3.8, 4) is 0 Å². The Morgan fingerprint density at radius 1 is 1.71 bits per heavy atom. The van der Waals surface area contributed by atoms with Crippen molar-refractivity contribution in [2.45, 2.75) is 0 Å². The molecule has 0 atom stereocenters. The molecule has 0 unspecified atom stereocenters. The monoisotopic (exact) mass is 242 g/mol. The van der Waals surface area contributed by atoms with Crippen molar-refractivity contribution in [1.29, 1.82) is 0 Å². The Morgan fingerprint density at radius 2 is 2.41 bits per heavy atom. The van der Waals surface area contributed by atoms with Crippen LogP contribution in [-0.4, -0.2) is 47.8 Å². The van der Waals surface area contributed by atoms with E-state index in [1.54, 1.807) is 0 Å². The van der Waals surface area contributed by atoms with Crippen LogP contribution >= 0.6 is 0 Å². The number of methoxy groups -OCH3 is 1. The minimum Gasteiger partial charge on any atom is -0.480 e. The molecule has 0 saturated carbocycles. The molecule has 17 heavy (non-hydrogen) atoms. The Labute approximate surface area is 97.0 Å². The van der Waals surface area contributed by atoms with E-state index >= 15 is 0 Å². The highest BCUT2D eigenvalue weighted by Crippen LogP contribution is 2.14. The molecule has 0 spiro atoms. The molecule has 94 valence electrons. The van der Waals surface area contributed by atoms with Crippen LogP contribution in [0.2, 0.25) is 0 Å². The second-order valence-electron chi connectivity index (χ2n) is 3.28. The van der Waals surface area contributed by atoms with Crippen molar-refractivity contribution >= 4 is 17.5 Å². The lowest BCUT2D eigenvalue weighted by molar-refractivity contribution is -0.135. The highest BCUT2D eigenvalue weighted by Gasteiger charge is 2.16. The molecule has 8 heteroatoms. The number of rotatable bonds is 6. The summed E-state index contributed by atoms with van der Waals surface area (Å²) in [6, 6.07) is 0. The van der Waals surface area contributed by atoms with Crippen LogP contribution in [0.1, 0.15) is 0 Å². The summed E-state index contributed by atoms with van der Waals surface area (Å²) in [4.78, 5) is 29.5. The smallest absolute Gasteiger partial charge is 0.323 e. The van der Waals surface area contributed by atoms with Crippen LogP contribution in [0, 0.1) is 0 Å². The van der Waals surface area contributed by atoms with Gasteiger partial charge in [-0.15, -0.1) is 0 Å². The highest BCUT2D eigenvalue weighted by molar-refractivity contribution is 5.75. The van der Waals surface area contributed by atoms with Crippen LogP contribution in [0.3, 0.4) is 0 Å². The Bertz CT molecular complexity index is 445. The van der Waals surface area contributed by atoms with Gasteiger partial charge in [-0.2, -0.15) is 0 Å². The summed E-state index contributed by atoms with van der Waals surface area (Å²) in [5, 5.41) is 8.77. The third-order valence-electron chi connectivity index (χ3n) is 2.06. The topological polar surface area (TPSA) is 122 Å². The number of hydrogen-bond donors (Lipinski definition) is 3. The number of anilines is 2. The Hall–Kier alpha value is -2.09. The second-order valence-corrected chi connectivity index (χ2v) is 3.28. The van der Waals surface area contributed by atoms with Crippen molar-refractivity contribution in [2.75, 3.05) is 37.4 Å². The maximum absolute atomic E-state index is 11.3. The van der Waals surface area contributed by atoms with E-state index in [-0.39, 0.29) is 24.6 Å². The van der Waals surface area contributed by atoms with Gasteiger partial charge in [0.25, 0.3) is 5.56 Å². The molecule has 0 fully saturated rings. The molecule has 0 amide bonds. The van der Waals surface area contributed by atoms with E-state index in [9.17, 15) is 9.59 Å². The van der Waals surface area contributed by atoms with Crippen molar-refractivity contribution in [3.63, 3.8) is 0 Å². The largest absolute Gasteiger partial charge is 0.480 e. The SMILES string of the molecule is COCCN(CC(=O)O)c1nc[nH]c(=O)c1N. The lowest BCUT2D eigenvalue weighted by Gasteiger charge is -2.21. The van der Waals surface area contributed by atoms with Gasteiger partial charge in [-0.1, -0.05) is 0 Å². The van der Waals surface area contributed by atoms with Gasteiger partial charge < -0.3 is 25.5 Å². The van der Waals surface area contributed by atoms with E-state index in [1.807, 2.05) is 0 Å². The number of carbonyl (C=O) groups is 1. The zero-order valence-electron chi connectivity index (χ0n) is 9.34. The summed E-state index contributed by atoms with van der Waals surface area (Å²) in [5.74, 6) is -0.893. The molecule has 0 aliphatic carbocycles. The summed E-state index contributed by atoms with van der Waals surface area (Å²) in [5.41, 5.74) is 4.95. The number of hydrogen-bond acceptors (Lipinski definition) is 6. The first kappa shape index (κ1) is 13.0. The van der Waals surface area contributed by atoms with Gasteiger partial charge in [-0.3, -0.25) is 9.59 Å². The molecule has 0 aliphatic rings. The summed E-state index contributed by atoms with van der Waals surface area (Å²) >= 11 is 0. The first-order chi connectivity index (χ1) is 8.06. The van der Waals surface area contributed by atoms with Crippen LogP contribution in [-0.2, 0) is 9.53 Å². The molecule has 0 saturated heterocycles. The lowest BCUT2D eigenvalue weighted by Crippen LogP contribution is -2.35. The van der Waals surface area contributed by atoms with Gasteiger partial charge in [0, 0.05) is 13.7 Å². The standard InChI is InChI=1S/C9H14N4O4/c1-17-3-2-13(4-6(14)15)8-7(10)9(16)12-5-11-8/h5H,2-4,10H2,1H3,(H,14,15)(H,11,12,16). The van der Waals surface area contributed by atoms with E-state index in [0.717, 1.165) is 0 Å². The van der Waals surface area contributed by atoms with Crippen molar-refractivity contribution in [3.05, 3.63) is 16.7 Å². The van der Waals surface area contributed by atoms with Crippen LogP contribution in [0.15, 0.2) is 11.1 Å². The van der Waals surface area contributed by atoms with Gasteiger partial charge in [-0.05, 0) is 0 Å². The maximum atomic E-state index is 11.3. The summed E-state index contributed by atoms with van der Waals surface area (Å²) in [7, 11) is 1.49. The molecule has 1 aromatic heterocycles. The minimum atomic E-state index is -1.04. The van der Waals surface area contributed by atoms with Crippen LogP contribution in [0.4, 0.5) is 11.5 Å². The van der Waals surface area contributed by atoms with Crippen LogP contribution < -0.4 is 16.2 Å². The molecule has 1 heterocycles. The highest BCUT2D eigenvalue weighted by atomic mass is 16.5. The number of aromatic amines is 1. The molecule has 0 bridgehead atoms. The zero-order chi connectivity index (χ0) is 12.8. The summed E-state index contributed by atoms with van der Waals surface area (Å²) in [6.07, 6.45) is 1.18. The fourth-order valence-corrected chi connectivity index (χ4v) is 1.28. The lowest BCUT2D eigenvalue weighted by atomic mass is 10.4. The summed E-state index contributed by atoms with van der Waals surface area (Å²) in [6.45, 7) is 0.286. The Morgan fingerprint density at radius 3 is 3.00 bits per heavy atom. The number of ether oxygens (including phenoxy) is 1. The summed E-state index contributed by atoms with van der Waals surface area (Å²) < 4.78 is 4.86. The predicted octanol–water partition coefficient (Wildman–Crippen LogP) is -1.11. The number of aliphatic carboxylic acids is 1. The van der Waals surface area contributed by atoms with Crippen molar-refractivity contribution in [1.82, 2.24) is 9.97 Å². The van der Waals surface area contributed by atoms with E-state index in [1.165, 1.54) is 18.3 Å². The third kappa shape index (κ3) is 3.45. The maximum Gasteiger partial charge on any atom is 0.323 e. The number of carboxylic acids is 1. The normalized spacial score (nSPS) is 10.2. The number of nitrogens with two attached hydrogens (primary N) is 1. The number of aromatic nitrogens is 2. The van der Waals surface area contributed by atoms with Crippen molar-refractivity contribution in [2.24, 2.45) is 0 Å². The molecule has 1 rings (SSSR count). The Kier molecular flexibility index (Phi) is 4.46. The van der Waals surface area contributed by atoms with Gasteiger partial charge in [0.1, 0.15) is 12.2 Å². The number of nitrogen functional groups attached to an aromatic ring is 1. The quantitative estimate of drug-likeness (QED) is 0.578. The second kappa shape index (κ2) is 5.85. The number of H-pyrrole nitrogens is 1. The van der Waals surface area contributed by atoms with Crippen molar-refractivity contribution < 1.29 is 14.6 Å². The minimum absolute atomic E-state index is 0.107. The van der Waals surface area contributed by atoms with Gasteiger partial charge in [0.15, 0.2) is 5.82 Å². The van der Waals surface area contributed by atoms with Crippen LogP contribution in [0.25, 0.3) is 0 Å². The molecule has 0 radical (unpaired) electrons. The van der Waals surface area contributed by atoms with E-state index in [2.05, 4.69) is 9.97 Å². The average molecular weight is 242 g/mol. The van der Waals surface area contributed by atoms with E-state index in [0.29, 0.717) is 6.61 Å². The van der Waals surface area contributed by atoms with Gasteiger partial charge in [0.2, 0.25) is 0 Å². The average Bonchev–Trinajstić information content (AvgIpc) is 2.28. The molecule has 0 aliphatic heterocycles. The molecule has 4 N–H and O–H groups in total. The molecule has 8 nitrogen and oxygen atoms in total. The Balaban J connectivity index is 2.98. The van der Waals surface area contributed by atoms with E-state index < -0.39 is 11.5 Å². The van der Waals surface area contributed by atoms with E-state index in [4.69, 9.17) is 15.6 Å². The molecule has 1 aromatic rings. The molecular formula is C9H14N4O4. The predicted molar refractivity (Wildman–Crippen MR) is 61.0 cm³/mol.